The minimum atomic E-state index is 0. The van der Waals surface area contributed by atoms with E-state index in [0.717, 1.165) is 29.1 Å². The lowest BCUT2D eigenvalue weighted by Crippen LogP contribution is -2.36. The number of halogens is 2. The summed E-state index contributed by atoms with van der Waals surface area (Å²) < 4.78 is 11.5. The lowest BCUT2D eigenvalue weighted by Gasteiger charge is -2.13. The zero-order valence-corrected chi connectivity index (χ0v) is 21.0. The Kier molecular flexibility index (Phi) is 10.1. The first kappa shape index (κ1) is 25.0. The lowest BCUT2D eigenvalue weighted by atomic mass is 10.1. The largest absolute Gasteiger partial charge is 0.487 e. The van der Waals surface area contributed by atoms with E-state index in [2.05, 4.69) is 21.7 Å². The Morgan fingerprint density at radius 1 is 1.06 bits per heavy atom. The Morgan fingerprint density at radius 3 is 2.45 bits per heavy atom. The highest BCUT2D eigenvalue weighted by molar-refractivity contribution is 14.0. The number of hydrogen-bond donors (Lipinski definition) is 2. The molecule has 0 aliphatic rings. The molecule has 0 aliphatic carbocycles. The monoisotopic (exact) mass is 554 g/mol. The summed E-state index contributed by atoms with van der Waals surface area (Å²) in [5, 5.41) is 7.12. The van der Waals surface area contributed by atoms with Gasteiger partial charge < -0.3 is 19.8 Å². The number of guanidine groups is 1. The van der Waals surface area contributed by atoms with Crippen LogP contribution in [0.4, 0.5) is 0 Å². The number of ether oxygens (including phenoxy) is 1. The number of rotatable bonds is 8. The van der Waals surface area contributed by atoms with Crippen LogP contribution in [0.1, 0.15) is 35.4 Å². The number of nitrogens with one attached hydrogen (secondary N) is 2. The fourth-order valence-corrected chi connectivity index (χ4v) is 3.04. The normalized spacial score (nSPS) is 11.0. The third-order valence-electron chi connectivity index (χ3n) is 4.57. The van der Waals surface area contributed by atoms with E-state index in [-0.39, 0.29) is 24.0 Å². The van der Waals surface area contributed by atoms with Crippen molar-refractivity contribution in [2.24, 2.45) is 4.99 Å². The molecule has 3 rings (SSSR count). The number of oxazole rings is 1. The number of aromatic nitrogens is 1. The van der Waals surface area contributed by atoms with Gasteiger partial charge >= 0.3 is 0 Å². The van der Waals surface area contributed by atoms with Gasteiger partial charge in [0.2, 0.25) is 5.89 Å². The second-order valence-electron chi connectivity index (χ2n) is 6.79. The molecule has 0 radical (unpaired) electrons. The van der Waals surface area contributed by atoms with Crippen LogP contribution in [-0.4, -0.2) is 17.5 Å². The molecule has 0 spiro atoms. The number of benzene rings is 2. The molecule has 0 atom stereocenters. The molecule has 0 unspecified atom stereocenters. The molecule has 31 heavy (non-hydrogen) atoms. The average Bonchev–Trinajstić information content (AvgIpc) is 3.07. The van der Waals surface area contributed by atoms with Crippen molar-refractivity contribution >= 4 is 41.5 Å². The molecule has 0 saturated carbocycles. The second-order valence-corrected chi connectivity index (χ2v) is 7.19. The van der Waals surface area contributed by atoms with Gasteiger partial charge in [-0.1, -0.05) is 48.0 Å². The molecule has 166 valence electrons. The molecule has 1 heterocycles. The van der Waals surface area contributed by atoms with Gasteiger partial charge in [0, 0.05) is 6.54 Å². The van der Waals surface area contributed by atoms with E-state index in [1.807, 2.05) is 63.2 Å². The zero-order valence-electron chi connectivity index (χ0n) is 17.9. The Hall–Kier alpha value is -2.26. The maximum absolute atomic E-state index is 6.19. The molecule has 3 aromatic rings. The summed E-state index contributed by atoms with van der Waals surface area (Å²) in [7, 11) is 0. The molecule has 2 aromatic carbocycles. The summed E-state index contributed by atoms with van der Waals surface area (Å²) in [6.45, 7) is 8.04. The fraction of sp³-hybridized carbons (Fsp3) is 0.304. The van der Waals surface area contributed by atoms with Crippen molar-refractivity contribution in [3.63, 3.8) is 0 Å². The highest BCUT2D eigenvalue weighted by Gasteiger charge is 2.08. The summed E-state index contributed by atoms with van der Waals surface area (Å²) in [6.07, 6.45) is 0. The van der Waals surface area contributed by atoms with E-state index in [9.17, 15) is 0 Å². The van der Waals surface area contributed by atoms with E-state index in [1.165, 1.54) is 0 Å². The standard InChI is InChI=1S/C23H27ClN4O2.HI/c1-4-25-23(27-14-22-28-16(2)17(3)30-22)26-13-18-9-5-6-10-19(18)15-29-21-12-8-7-11-20(21)24;/h5-12H,4,13-15H2,1-3H3,(H2,25,26,27);1H. The van der Waals surface area contributed by atoms with Gasteiger partial charge in [0.05, 0.1) is 23.8 Å². The molecule has 2 N–H and O–H groups in total. The summed E-state index contributed by atoms with van der Waals surface area (Å²) in [5.41, 5.74) is 3.06. The predicted molar refractivity (Wildman–Crippen MR) is 135 cm³/mol. The molecular weight excluding hydrogens is 527 g/mol. The molecule has 0 fully saturated rings. The van der Waals surface area contributed by atoms with Gasteiger partial charge in [-0.2, -0.15) is 0 Å². The van der Waals surface area contributed by atoms with Crippen LogP contribution in [0.25, 0.3) is 0 Å². The van der Waals surface area contributed by atoms with Crippen molar-refractivity contribution in [1.82, 2.24) is 15.6 Å². The van der Waals surface area contributed by atoms with Gasteiger partial charge in [-0.3, -0.25) is 0 Å². The van der Waals surface area contributed by atoms with Crippen LogP contribution in [0.15, 0.2) is 57.9 Å². The molecule has 0 bridgehead atoms. The molecule has 0 saturated heterocycles. The Balaban J connectivity index is 0.00000341. The number of para-hydroxylation sites is 1. The van der Waals surface area contributed by atoms with Gasteiger partial charge in [0.1, 0.15) is 18.1 Å². The Morgan fingerprint density at radius 2 is 1.77 bits per heavy atom. The predicted octanol–water partition coefficient (Wildman–Crippen LogP) is 5.40. The van der Waals surface area contributed by atoms with Crippen LogP contribution >= 0.6 is 35.6 Å². The molecule has 0 aliphatic heterocycles. The SMILES string of the molecule is CCNC(=NCc1ccccc1COc1ccccc1Cl)NCc1nc(C)c(C)o1.I. The second kappa shape index (κ2) is 12.6. The van der Waals surface area contributed by atoms with Gasteiger partial charge in [0.25, 0.3) is 0 Å². The summed E-state index contributed by atoms with van der Waals surface area (Å²) >= 11 is 6.19. The molecule has 0 amide bonds. The average molecular weight is 555 g/mol. The van der Waals surface area contributed by atoms with E-state index < -0.39 is 0 Å². The fourth-order valence-electron chi connectivity index (χ4n) is 2.85. The van der Waals surface area contributed by atoms with Crippen LogP contribution in [0, 0.1) is 13.8 Å². The van der Waals surface area contributed by atoms with Crippen molar-refractivity contribution in [2.45, 2.75) is 40.5 Å². The highest BCUT2D eigenvalue weighted by Crippen LogP contribution is 2.24. The third-order valence-corrected chi connectivity index (χ3v) is 4.88. The summed E-state index contributed by atoms with van der Waals surface area (Å²) in [6, 6.07) is 15.6. The first-order valence-corrected chi connectivity index (χ1v) is 10.3. The number of aryl methyl sites for hydroxylation is 2. The van der Waals surface area contributed by atoms with Gasteiger partial charge in [-0.25, -0.2) is 9.98 Å². The number of aliphatic imine (C=N–C) groups is 1. The van der Waals surface area contributed by atoms with Crippen LogP contribution in [0.2, 0.25) is 5.02 Å². The van der Waals surface area contributed by atoms with Crippen LogP contribution in [0.5, 0.6) is 5.75 Å². The van der Waals surface area contributed by atoms with E-state index in [1.54, 1.807) is 0 Å². The van der Waals surface area contributed by atoms with Crippen molar-refractivity contribution < 1.29 is 9.15 Å². The van der Waals surface area contributed by atoms with Gasteiger partial charge in [0.15, 0.2) is 5.96 Å². The number of nitrogens with zero attached hydrogens (tertiary/aromatic N) is 2. The molecule has 1 aromatic heterocycles. The molecule has 6 nitrogen and oxygen atoms in total. The lowest BCUT2D eigenvalue weighted by molar-refractivity contribution is 0.305. The van der Waals surface area contributed by atoms with Crippen molar-refractivity contribution in [2.75, 3.05) is 6.54 Å². The summed E-state index contributed by atoms with van der Waals surface area (Å²) in [4.78, 5) is 9.10. The van der Waals surface area contributed by atoms with Crippen LogP contribution < -0.4 is 15.4 Å². The van der Waals surface area contributed by atoms with Crippen LogP contribution in [0.3, 0.4) is 0 Å². The highest BCUT2D eigenvalue weighted by atomic mass is 127. The number of hydrogen-bond acceptors (Lipinski definition) is 4. The van der Waals surface area contributed by atoms with Gasteiger partial charge in [-0.05, 0) is 44.0 Å². The van der Waals surface area contributed by atoms with E-state index in [0.29, 0.717) is 42.3 Å². The third kappa shape index (κ3) is 7.43. The molecular formula is C23H28ClIN4O2. The Bertz CT molecular complexity index is 987. The smallest absolute Gasteiger partial charge is 0.214 e. The topological polar surface area (TPSA) is 71.7 Å². The Labute approximate surface area is 205 Å². The molecule has 8 heteroatoms. The minimum Gasteiger partial charge on any atom is -0.487 e. The first-order valence-electron chi connectivity index (χ1n) is 9.96. The van der Waals surface area contributed by atoms with Crippen molar-refractivity contribution in [1.29, 1.82) is 0 Å². The van der Waals surface area contributed by atoms with Crippen molar-refractivity contribution in [3.05, 3.63) is 82.0 Å². The van der Waals surface area contributed by atoms with Gasteiger partial charge in [-0.15, -0.1) is 24.0 Å². The maximum atomic E-state index is 6.19. The quantitative estimate of drug-likeness (QED) is 0.222. The van der Waals surface area contributed by atoms with E-state index >= 15 is 0 Å². The first-order chi connectivity index (χ1) is 14.6. The van der Waals surface area contributed by atoms with Crippen molar-refractivity contribution in [3.8, 4) is 5.75 Å². The minimum absolute atomic E-state index is 0. The maximum Gasteiger partial charge on any atom is 0.214 e. The van der Waals surface area contributed by atoms with Crippen LogP contribution in [-0.2, 0) is 19.7 Å². The zero-order chi connectivity index (χ0) is 21.3. The van der Waals surface area contributed by atoms with E-state index in [4.69, 9.17) is 25.7 Å². The summed E-state index contributed by atoms with van der Waals surface area (Å²) in [5.74, 6) is 2.85.